The minimum atomic E-state index is -4.93. The van der Waals surface area contributed by atoms with Crippen LogP contribution in [-0.2, 0) is 0 Å². The SMILES string of the molecule is COc1ccc(F)c(C(O)C(F)(F)F)c1Br. The Bertz CT molecular complexity index is 392. The lowest BCUT2D eigenvalue weighted by Crippen LogP contribution is -2.22. The number of alkyl halides is 3. The molecule has 1 unspecified atom stereocenters. The van der Waals surface area contributed by atoms with Crippen LogP contribution in [-0.4, -0.2) is 18.4 Å². The summed E-state index contributed by atoms with van der Waals surface area (Å²) < 4.78 is 54.4. The largest absolute Gasteiger partial charge is 0.496 e. The molecule has 0 fully saturated rings. The summed E-state index contributed by atoms with van der Waals surface area (Å²) in [5.41, 5.74) is -0.883. The van der Waals surface area contributed by atoms with Crippen LogP contribution in [0.2, 0.25) is 0 Å². The second-order valence-corrected chi connectivity index (χ2v) is 3.71. The number of hydrogen-bond donors (Lipinski definition) is 1. The van der Waals surface area contributed by atoms with Crippen molar-refractivity contribution in [1.29, 1.82) is 0 Å². The van der Waals surface area contributed by atoms with Crippen LogP contribution in [0.1, 0.15) is 11.7 Å². The summed E-state index contributed by atoms with van der Waals surface area (Å²) in [6, 6.07) is 1.96. The number of hydrogen-bond acceptors (Lipinski definition) is 2. The quantitative estimate of drug-likeness (QED) is 0.850. The summed E-state index contributed by atoms with van der Waals surface area (Å²) >= 11 is 2.76. The lowest BCUT2D eigenvalue weighted by Gasteiger charge is -2.18. The first-order chi connectivity index (χ1) is 7.29. The van der Waals surface area contributed by atoms with Gasteiger partial charge in [-0.25, -0.2) is 4.39 Å². The van der Waals surface area contributed by atoms with E-state index in [-0.39, 0.29) is 10.2 Å². The van der Waals surface area contributed by atoms with Crippen molar-refractivity contribution in [3.63, 3.8) is 0 Å². The number of benzene rings is 1. The fraction of sp³-hybridized carbons (Fsp3) is 0.333. The minimum Gasteiger partial charge on any atom is -0.496 e. The molecule has 0 bridgehead atoms. The van der Waals surface area contributed by atoms with E-state index in [9.17, 15) is 17.6 Å². The maximum Gasteiger partial charge on any atom is 0.418 e. The molecule has 0 saturated heterocycles. The Balaban J connectivity index is 3.32. The molecular weight excluding hydrogens is 296 g/mol. The van der Waals surface area contributed by atoms with Crippen LogP contribution in [0.5, 0.6) is 5.75 Å². The van der Waals surface area contributed by atoms with Gasteiger partial charge in [-0.05, 0) is 28.1 Å². The third-order valence-electron chi connectivity index (χ3n) is 1.89. The zero-order valence-electron chi connectivity index (χ0n) is 7.98. The molecule has 0 aliphatic carbocycles. The molecule has 0 amide bonds. The van der Waals surface area contributed by atoms with Crippen LogP contribution in [0.15, 0.2) is 16.6 Å². The highest BCUT2D eigenvalue weighted by molar-refractivity contribution is 9.10. The van der Waals surface area contributed by atoms with Gasteiger partial charge in [-0.3, -0.25) is 0 Å². The number of aliphatic hydroxyl groups is 1. The van der Waals surface area contributed by atoms with Gasteiger partial charge >= 0.3 is 6.18 Å². The van der Waals surface area contributed by atoms with Gasteiger partial charge in [0, 0.05) is 5.56 Å². The van der Waals surface area contributed by atoms with Gasteiger partial charge in [-0.1, -0.05) is 0 Å². The average molecular weight is 303 g/mol. The molecule has 90 valence electrons. The second kappa shape index (κ2) is 4.58. The average Bonchev–Trinajstić information content (AvgIpc) is 2.16. The Hall–Kier alpha value is -0.820. The third-order valence-corrected chi connectivity index (χ3v) is 2.71. The number of methoxy groups -OCH3 is 1. The first-order valence-electron chi connectivity index (χ1n) is 4.05. The number of rotatable bonds is 2. The van der Waals surface area contributed by atoms with Gasteiger partial charge in [0.15, 0.2) is 6.10 Å². The van der Waals surface area contributed by atoms with Crippen molar-refractivity contribution in [2.45, 2.75) is 12.3 Å². The molecule has 0 aliphatic heterocycles. The van der Waals surface area contributed by atoms with Gasteiger partial charge < -0.3 is 9.84 Å². The topological polar surface area (TPSA) is 29.5 Å². The summed E-state index contributed by atoms with van der Waals surface area (Å²) in [4.78, 5) is 0. The first-order valence-corrected chi connectivity index (χ1v) is 4.85. The van der Waals surface area contributed by atoms with E-state index in [4.69, 9.17) is 9.84 Å². The molecule has 0 radical (unpaired) electrons. The summed E-state index contributed by atoms with van der Waals surface area (Å²) in [6.45, 7) is 0. The van der Waals surface area contributed by atoms with E-state index in [2.05, 4.69) is 15.9 Å². The van der Waals surface area contributed by atoms with Crippen LogP contribution in [0, 0.1) is 5.82 Å². The molecular formula is C9H7BrF4O2. The lowest BCUT2D eigenvalue weighted by molar-refractivity contribution is -0.207. The molecule has 0 aromatic heterocycles. The van der Waals surface area contributed by atoms with E-state index >= 15 is 0 Å². The lowest BCUT2D eigenvalue weighted by atomic mass is 10.1. The maximum atomic E-state index is 13.2. The predicted molar refractivity (Wildman–Crippen MR) is 51.7 cm³/mol. The molecule has 2 nitrogen and oxygen atoms in total. The molecule has 16 heavy (non-hydrogen) atoms. The van der Waals surface area contributed by atoms with E-state index < -0.39 is 23.7 Å². The van der Waals surface area contributed by atoms with Crippen LogP contribution in [0.25, 0.3) is 0 Å². The van der Waals surface area contributed by atoms with Crippen molar-refractivity contribution < 1.29 is 27.4 Å². The minimum absolute atomic E-state index is 0.0136. The fourth-order valence-electron chi connectivity index (χ4n) is 1.12. The van der Waals surface area contributed by atoms with Crippen molar-refractivity contribution in [2.24, 2.45) is 0 Å². The summed E-state index contributed by atoms with van der Waals surface area (Å²) in [6.07, 6.45) is -7.83. The molecule has 7 heteroatoms. The zero-order chi connectivity index (χ0) is 12.5. The standard InChI is InChI=1S/C9H7BrF4O2/c1-16-5-3-2-4(11)6(7(5)10)8(15)9(12,13)14/h2-3,8,15H,1H3. The van der Waals surface area contributed by atoms with Gasteiger partial charge in [0.1, 0.15) is 11.6 Å². The third kappa shape index (κ3) is 2.46. The van der Waals surface area contributed by atoms with Crippen molar-refractivity contribution >= 4 is 15.9 Å². The highest BCUT2D eigenvalue weighted by Gasteiger charge is 2.42. The number of ether oxygens (including phenoxy) is 1. The van der Waals surface area contributed by atoms with Gasteiger partial charge in [0.05, 0.1) is 11.6 Å². The predicted octanol–water partition coefficient (Wildman–Crippen LogP) is 3.19. The van der Waals surface area contributed by atoms with Gasteiger partial charge in [0.2, 0.25) is 0 Å². The maximum absolute atomic E-state index is 13.2. The van der Waals surface area contributed by atoms with E-state index in [0.717, 1.165) is 12.1 Å². The van der Waals surface area contributed by atoms with Gasteiger partial charge in [0.25, 0.3) is 0 Å². The molecule has 1 atom stereocenters. The molecule has 1 N–H and O–H groups in total. The number of halogens is 5. The molecule has 0 spiro atoms. The van der Waals surface area contributed by atoms with Gasteiger partial charge in [-0.15, -0.1) is 0 Å². The molecule has 0 aliphatic rings. The summed E-state index contributed by atoms with van der Waals surface area (Å²) in [7, 11) is 1.22. The van der Waals surface area contributed by atoms with Crippen molar-refractivity contribution in [1.82, 2.24) is 0 Å². The fourth-order valence-corrected chi connectivity index (χ4v) is 1.82. The molecule has 1 aromatic rings. The van der Waals surface area contributed by atoms with Crippen LogP contribution in [0.4, 0.5) is 17.6 Å². The van der Waals surface area contributed by atoms with E-state index in [0.29, 0.717) is 0 Å². The Kier molecular flexibility index (Phi) is 3.80. The Morgan fingerprint density at radius 3 is 2.38 bits per heavy atom. The normalized spacial score (nSPS) is 13.7. The smallest absolute Gasteiger partial charge is 0.418 e. The Morgan fingerprint density at radius 2 is 1.94 bits per heavy atom. The molecule has 1 aromatic carbocycles. The van der Waals surface area contributed by atoms with Crippen LogP contribution in [0.3, 0.4) is 0 Å². The van der Waals surface area contributed by atoms with Crippen molar-refractivity contribution in [3.8, 4) is 5.75 Å². The van der Waals surface area contributed by atoms with Crippen LogP contribution >= 0.6 is 15.9 Å². The van der Waals surface area contributed by atoms with Crippen molar-refractivity contribution in [2.75, 3.05) is 7.11 Å². The van der Waals surface area contributed by atoms with E-state index in [1.165, 1.54) is 7.11 Å². The van der Waals surface area contributed by atoms with Crippen LogP contribution < -0.4 is 4.74 Å². The van der Waals surface area contributed by atoms with E-state index in [1.54, 1.807) is 0 Å². The second-order valence-electron chi connectivity index (χ2n) is 2.92. The first kappa shape index (κ1) is 13.2. The monoisotopic (exact) mass is 302 g/mol. The molecule has 0 saturated carbocycles. The highest BCUT2D eigenvalue weighted by atomic mass is 79.9. The number of aliphatic hydroxyl groups excluding tert-OH is 1. The summed E-state index contributed by atoms with van der Waals surface area (Å²) in [5.74, 6) is -1.14. The van der Waals surface area contributed by atoms with Crippen molar-refractivity contribution in [3.05, 3.63) is 28.0 Å². The molecule has 0 heterocycles. The summed E-state index contributed by atoms with van der Waals surface area (Å²) in [5, 5.41) is 8.99. The Labute approximate surface area is 97.0 Å². The highest BCUT2D eigenvalue weighted by Crippen LogP contribution is 2.40. The zero-order valence-corrected chi connectivity index (χ0v) is 9.56. The van der Waals surface area contributed by atoms with Gasteiger partial charge in [-0.2, -0.15) is 13.2 Å². The Morgan fingerprint density at radius 1 is 1.38 bits per heavy atom. The van der Waals surface area contributed by atoms with E-state index in [1.807, 2.05) is 0 Å². The molecule has 1 rings (SSSR count).